The van der Waals surface area contributed by atoms with Crippen molar-refractivity contribution in [2.75, 3.05) is 18.4 Å². The molecule has 0 atom stereocenters. The van der Waals surface area contributed by atoms with Crippen molar-refractivity contribution in [3.05, 3.63) is 23.6 Å². The second kappa shape index (κ2) is 6.05. The molecule has 16 heavy (non-hydrogen) atoms. The van der Waals surface area contributed by atoms with E-state index in [-0.39, 0.29) is 11.4 Å². The largest absolute Gasteiger partial charge is 0.368 e. The van der Waals surface area contributed by atoms with E-state index in [9.17, 15) is 9.18 Å². The number of halogens is 1. The zero-order valence-corrected chi connectivity index (χ0v) is 9.51. The second-order valence-corrected chi connectivity index (χ2v) is 3.31. The predicted octanol–water partition coefficient (Wildman–Crippen LogP) is 1.79. The van der Waals surface area contributed by atoms with Crippen LogP contribution >= 0.6 is 0 Å². The Morgan fingerprint density at radius 1 is 1.50 bits per heavy atom. The molecule has 1 aromatic heterocycles. The van der Waals surface area contributed by atoms with Crippen LogP contribution in [0.4, 0.5) is 10.2 Å². The lowest BCUT2D eigenvalue weighted by atomic mass is 10.2. The van der Waals surface area contributed by atoms with Crippen molar-refractivity contribution in [2.24, 2.45) is 0 Å². The number of rotatable bonds is 5. The van der Waals surface area contributed by atoms with Crippen molar-refractivity contribution in [1.29, 1.82) is 0 Å². The molecule has 5 heteroatoms. The van der Waals surface area contributed by atoms with Crippen LogP contribution in [0.2, 0.25) is 0 Å². The van der Waals surface area contributed by atoms with Gasteiger partial charge in [-0.05, 0) is 19.4 Å². The van der Waals surface area contributed by atoms with Gasteiger partial charge in [-0.3, -0.25) is 4.79 Å². The number of pyridine rings is 1. The third-order valence-corrected chi connectivity index (χ3v) is 2.01. The third kappa shape index (κ3) is 2.92. The molecule has 0 saturated carbocycles. The summed E-state index contributed by atoms with van der Waals surface area (Å²) >= 11 is 0. The first kappa shape index (κ1) is 12.4. The normalized spacial score (nSPS) is 9.94. The van der Waals surface area contributed by atoms with Crippen LogP contribution in [0.15, 0.2) is 12.3 Å². The fourth-order valence-corrected chi connectivity index (χ4v) is 1.24. The first-order chi connectivity index (χ1) is 7.70. The number of hydrogen-bond acceptors (Lipinski definition) is 3. The summed E-state index contributed by atoms with van der Waals surface area (Å²) in [6.07, 6.45) is 2.29. The molecular formula is C11H16FN3O. The molecular weight excluding hydrogens is 209 g/mol. The number of nitrogens with one attached hydrogen (secondary N) is 2. The lowest BCUT2D eigenvalue weighted by molar-refractivity contribution is 0.0952. The Bertz CT molecular complexity index is 368. The Kier molecular flexibility index (Phi) is 4.69. The second-order valence-electron chi connectivity index (χ2n) is 3.31. The number of hydrogen-bond donors (Lipinski definition) is 2. The quantitative estimate of drug-likeness (QED) is 0.803. The predicted molar refractivity (Wildman–Crippen MR) is 61.0 cm³/mol. The molecule has 0 radical (unpaired) electrons. The maximum atomic E-state index is 13.8. The van der Waals surface area contributed by atoms with Gasteiger partial charge in [-0.2, -0.15) is 0 Å². The molecule has 0 saturated heterocycles. The van der Waals surface area contributed by atoms with Crippen molar-refractivity contribution >= 4 is 11.7 Å². The molecule has 2 N–H and O–H groups in total. The first-order valence-electron chi connectivity index (χ1n) is 5.37. The Labute approximate surface area is 94.3 Å². The van der Waals surface area contributed by atoms with Crippen molar-refractivity contribution in [2.45, 2.75) is 20.3 Å². The van der Waals surface area contributed by atoms with E-state index in [0.29, 0.717) is 13.1 Å². The highest BCUT2D eigenvalue weighted by Gasteiger charge is 2.14. The molecule has 0 fully saturated rings. The molecule has 88 valence electrons. The summed E-state index contributed by atoms with van der Waals surface area (Å²) in [5.74, 6) is -0.880. The van der Waals surface area contributed by atoms with E-state index in [2.05, 4.69) is 15.6 Å². The number of nitrogens with zero attached hydrogens (tertiary/aromatic N) is 1. The van der Waals surface area contributed by atoms with E-state index in [0.717, 1.165) is 6.42 Å². The maximum absolute atomic E-state index is 13.8. The van der Waals surface area contributed by atoms with Gasteiger partial charge in [0.05, 0.1) is 5.56 Å². The summed E-state index contributed by atoms with van der Waals surface area (Å²) in [4.78, 5) is 15.3. The van der Waals surface area contributed by atoms with Crippen molar-refractivity contribution in [3.8, 4) is 0 Å². The first-order valence-corrected chi connectivity index (χ1v) is 5.37. The fourth-order valence-electron chi connectivity index (χ4n) is 1.24. The Balaban J connectivity index is 2.89. The van der Waals surface area contributed by atoms with Gasteiger partial charge in [0.1, 0.15) is 0 Å². The van der Waals surface area contributed by atoms with Gasteiger partial charge in [0.15, 0.2) is 11.6 Å². The number of carbonyl (C=O) groups is 1. The Morgan fingerprint density at radius 3 is 2.88 bits per heavy atom. The van der Waals surface area contributed by atoms with Crippen LogP contribution in [0.5, 0.6) is 0 Å². The monoisotopic (exact) mass is 225 g/mol. The molecule has 0 aromatic carbocycles. The highest BCUT2D eigenvalue weighted by Crippen LogP contribution is 2.14. The molecule has 0 unspecified atom stereocenters. The molecule has 4 nitrogen and oxygen atoms in total. The van der Waals surface area contributed by atoms with Gasteiger partial charge in [0.2, 0.25) is 0 Å². The van der Waals surface area contributed by atoms with Gasteiger partial charge < -0.3 is 10.6 Å². The smallest absolute Gasteiger partial charge is 0.254 e. The number of amides is 1. The van der Waals surface area contributed by atoms with E-state index >= 15 is 0 Å². The standard InChI is InChI=1S/C11H16FN3O/c1-3-6-14-10-9(12)8(5-7-15-10)11(16)13-4-2/h5,7H,3-4,6H2,1-2H3,(H,13,16)(H,14,15). The highest BCUT2D eigenvalue weighted by molar-refractivity contribution is 5.95. The van der Waals surface area contributed by atoms with Crippen LogP contribution in [0, 0.1) is 5.82 Å². The molecule has 0 spiro atoms. The fraction of sp³-hybridized carbons (Fsp3) is 0.455. The molecule has 1 rings (SSSR count). The van der Waals surface area contributed by atoms with Crippen molar-refractivity contribution < 1.29 is 9.18 Å². The topological polar surface area (TPSA) is 54.0 Å². The maximum Gasteiger partial charge on any atom is 0.254 e. The lowest BCUT2D eigenvalue weighted by Crippen LogP contribution is -2.24. The summed E-state index contributed by atoms with van der Waals surface area (Å²) < 4.78 is 13.8. The molecule has 1 heterocycles. The van der Waals surface area contributed by atoms with E-state index in [1.54, 1.807) is 6.92 Å². The molecule has 0 aliphatic rings. The molecule has 0 bridgehead atoms. The number of carbonyl (C=O) groups excluding carboxylic acids is 1. The highest BCUT2D eigenvalue weighted by atomic mass is 19.1. The minimum Gasteiger partial charge on any atom is -0.368 e. The average molecular weight is 225 g/mol. The molecule has 1 amide bonds. The van der Waals surface area contributed by atoms with E-state index < -0.39 is 11.7 Å². The molecule has 0 aliphatic carbocycles. The van der Waals surface area contributed by atoms with E-state index in [1.165, 1.54) is 12.3 Å². The van der Waals surface area contributed by atoms with Crippen molar-refractivity contribution in [3.63, 3.8) is 0 Å². The minimum atomic E-state index is -0.595. The van der Waals surface area contributed by atoms with E-state index in [4.69, 9.17) is 0 Å². The Morgan fingerprint density at radius 2 is 2.25 bits per heavy atom. The van der Waals surface area contributed by atoms with Gasteiger partial charge in [0, 0.05) is 19.3 Å². The lowest BCUT2D eigenvalue weighted by Gasteiger charge is -2.08. The Hall–Kier alpha value is -1.65. The van der Waals surface area contributed by atoms with Crippen LogP contribution in [0.25, 0.3) is 0 Å². The summed E-state index contributed by atoms with van der Waals surface area (Å²) in [7, 11) is 0. The summed E-state index contributed by atoms with van der Waals surface area (Å²) in [5.41, 5.74) is 0.0236. The van der Waals surface area contributed by atoms with Gasteiger partial charge in [-0.1, -0.05) is 6.92 Å². The van der Waals surface area contributed by atoms with E-state index in [1.807, 2.05) is 6.92 Å². The van der Waals surface area contributed by atoms with Crippen LogP contribution in [-0.4, -0.2) is 24.0 Å². The van der Waals surface area contributed by atoms with Crippen LogP contribution in [-0.2, 0) is 0 Å². The van der Waals surface area contributed by atoms with Crippen molar-refractivity contribution in [1.82, 2.24) is 10.3 Å². The summed E-state index contributed by atoms with van der Waals surface area (Å²) in [5, 5.41) is 5.39. The van der Waals surface area contributed by atoms with Gasteiger partial charge in [-0.15, -0.1) is 0 Å². The summed E-state index contributed by atoms with van der Waals surface area (Å²) in [6.45, 7) is 4.85. The number of anilines is 1. The average Bonchev–Trinajstić information content (AvgIpc) is 2.28. The minimum absolute atomic E-state index is 0.0236. The van der Waals surface area contributed by atoms with Gasteiger partial charge in [-0.25, -0.2) is 9.37 Å². The zero-order valence-electron chi connectivity index (χ0n) is 9.51. The van der Waals surface area contributed by atoms with Crippen LogP contribution < -0.4 is 10.6 Å². The van der Waals surface area contributed by atoms with Gasteiger partial charge >= 0.3 is 0 Å². The van der Waals surface area contributed by atoms with Crippen LogP contribution in [0.3, 0.4) is 0 Å². The molecule has 1 aromatic rings. The number of aromatic nitrogens is 1. The molecule has 0 aliphatic heterocycles. The van der Waals surface area contributed by atoms with Crippen LogP contribution in [0.1, 0.15) is 30.6 Å². The SMILES string of the molecule is CCCNc1nccc(C(=O)NCC)c1F. The summed E-state index contributed by atoms with van der Waals surface area (Å²) in [6, 6.07) is 1.37. The third-order valence-electron chi connectivity index (χ3n) is 2.01. The zero-order chi connectivity index (χ0) is 12.0. The van der Waals surface area contributed by atoms with Gasteiger partial charge in [0.25, 0.3) is 5.91 Å².